The molecule has 4 aromatic rings. The van der Waals surface area contributed by atoms with Crippen LogP contribution in [0.15, 0.2) is 109 Å². The number of benzene rings is 4. The topological polar surface area (TPSA) is 54.4 Å². The van der Waals surface area contributed by atoms with Crippen LogP contribution in [0.5, 0.6) is 0 Å². The van der Waals surface area contributed by atoms with Gasteiger partial charge in [-0.05, 0) is 58.7 Å². The van der Waals surface area contributed by atoms with Crippen LogP contribution in [-0.2, 0) is 40.3 Å². The first kappa shape index (κ1) is 42.2. The van der Waals surface area contributed by atoms with Gasteiger partial charge in [0, 0.05) is 31.7 Å². The first-order valence-corrected chi connectivity index (χ1v) is 18.7. The molecule has 8 heteroatoms. The Morgan fingerprint density at radius 2 is 1.06 bits per heavy atom. The molecule has 0 fully saturated rings. The summed E-state index contributed by atoms with van der Waals surface area (Å²) in [6.07, 6.45) is -0.930. The fraction of sp³-hybridized carbons (Fsp3) is 0.467. The average Bonchev–Trinajstić information content (AvgIpc) is 3.10. The molecule has 0 aliphatic carbocycles. The van der Waals surface area contributed by atoms with Crippen molar-refractivity contribution in [3.63, 3.8) is 0 Å². The lowest BCUT2D eigenvalue weighted by Gasteiger charge is -2.43. The van der Waals surface area contributed by atoms with Gasteiger partial charge in [0.25, 0.3) is 0 Å². The minimum Gasteiger partial charge on any atom is -0.395 e. The molecule has 53 heavy (non-hydrogen) atoms. The molecule has 0 saturated heterocycles. The molecule has 0 radical (unpaired) electrons. The van der Waals surface area contributed by atoms with Crippen LogP contribution in [-0.4, -0.2) is 72.8 Å². The number of rotatable bonds is 20. The van der Waals surface area contributed by atoms with Crippen molar-refractivity contribution in [3.05, 3.63) is 143 Å². The van der Waals surface area contributed by atoms with Crippen LogP contribution < -0.4 is 0 Å². The number of hydrogen-bond acceptors (Lipinski definition) is 6. The van der Waals surface area contributed by atoms with E-state index in [1.165, 1.54) is 12.1 Å². The molecule has 0 amide bonds. The van der Waals surface area contributed by atoms with Gasteiger partial charge >= 0.3 is 0 Å². The Hall–Kier alpha value is -3.50. The molecule has 288 valence electrons. The zero-order valence-corrected chi connectivity index (χ0v) is 32.7. The van der Waals surface area contributed by atoms with E-state index in [0.29, 0.717) is 38.4 Å². The van der Waals surface area contributed by atoms with Crippen LogP contribution in [0.2, 0.25) is 0 Å². The zero-order chi connectivity index (χ0) is 38.4. The van der Waals surface area contributed by atoms with Gasteiger partial charge in [0.05, 0.1) is 38.6 Å². The predicted molar refractivity (Wildman–Crippen MR) is 209 cm³/mol. The summed E-state index contributed by atoms with van der Waals surface area (Å²) in [7, 11) is 1.95. The van der Waals surface area contributed by atoms with E-state index in [2.05, 4.69) is 70.7 Å². The van der Waals surface area contributed by atoms with Gasteiger partial charge in [-0.2, -0.15) is 0 Å². The highest BCUT2D eigenvalue weighted by Gasteiger charge is 2.38. The SMILES string of the molecule is CN(CC(OCC(C)(C)C)OCC(C)(C)C)[C@H](CO)[C@H](OCc1ccccc1)[C@H](Cc1cc(F)cc(F)c1)N(Cc1ccccc1)Cc1ccccc1. The number of halogens is 2. The Morgan fingerprint density at radius 3 is 1.49 bits per heavy atom. The van der Waals surface area contributed by atoms with Crippen molar-refractivity contribution in [3.8, 4) is 0 Å². The molecule has 0 aliphatic heterocycles. The molecule has 0 aromatic heterocycles. The van der Waals surface area contributed by atoms with Crippen molar-refractivity contribution < 1.29 is 28.1 Å². The van der Waals surface area contributed by atoms with E-state index < -0.39 is 36.1 Å². The highest BCUT2D eigenvalue weighted by molar-refractivity contribution is 5.22. The molecule has 0 heterocycles. The Bertz CT molecular complexity index is 1530. The van der Waals surface area contributed by atoms with Gasteiger partial charge in [0.15, 0.2) is 6.29 Å². The third kappa shape index (κ3) is 15.0. The highest BCUT2D eigenvalue weighted by atomic mass is 19.1. The van der Waals surface area contributed by atoms with Gasteiger partial charge in [-0.3, -0.25) is 9.80 Å². The maximum absolute atomic E-state index is 14.8. The second kappa shape index (κ2) is 20.3. The van der Waals surface area contributed by atoms with E-state index in [-0.39, 0.29) is 30.5 Å². The summed E-state index contributed by atoms with van der Waals surface area (Å²) in [5.41, 5.74) is 3.48. The number of likely N-dealkylation sites (N-methyl/N-ethyl adjacent to an activating group) is 1. The maximum atomic E-state index is 14.8. The first-order valence-electron chi connectivity index (χ1n) is 18.7. The molecule has 0 aliphatic rings. The predicted octanol–water partition coefficient (Wildman–Crippen LogP) is 8.91. The number of ether oxygens (including phenoxy) is 3. The lowest BCUT2D eigenvalue weighted by Crippen LogP contribution is -2.57. The number of aliphatic hydroxyl groups excluding tert-OH is 1. The van der Waals surface area contributed by atoms with Gasteiger partial charge in [0.2, 0.25) is 0 Å². The smallest absolute Gasteiger partial charge is 0.170 e. The first-order chi connectivity index (χ1) is 25.2. The van der Waals surface area contributed by atoms with E-state index in [1.807, 2.05) is 78.7 Å². The molecule has 6 nitrogen and oxygen atoms in total. The molecule has 0 spiro atoms. The van der Waals surface area contributed by atoms with Crippen molar-refractivity contribution in [2.24, 2.45) is 10.8 Å². The van der Waals surface area contributed by atoms with Crippen molar-refractivity contribution in [1.29, 1.82) is 0 Å². The Labute approximate surface area is 316 Å². The van der Waals surface area contributed by atoms with Crippen LogP contribution in [0.1, 0.15) is 63.8 Å². The summed E-state index contributed by atoms with van der Waals surface area (Å²) in [5.74, 6) is -1.27. The summed E-state index contributed by atoms with van der Waals surface area (Å²) >= 11 is 0. The van der Waals surface area contributed by atoms with Crippen LogP contribution >= 0.6 is 0 Å². The second-order valence-electron chi connectivity index (χ2n) is 16.5. The van der Waals surface area contributed by atoms with Gasteiger partial charge < -0.3 is 19.3 Å². The summed E-state index contributed by atoms with van der Waals surface area (Å²) < 4.78 is 49.3. The third-order valence-electron chi connectivity index (χ3n) is 8.93. The summed E-state index contributed by atoms with van der Waals surface area (Å²) in [5, 5.41) is 11.3. The molecule has 1 N–H and O–H groups in total. The molecule has 4 rings (SSSR count). The van der Waals surface area contributed by atoms with E-state index in [0.717, 1.165) is 22.8 Å². The standard InChI is InChI=1S/C45H60F2N2O4/c1-44(2,3)32-52-42(53-33-45(4,5)6)29-48(7)41(30-50)43(51-31-36-21-15-10-16-22-36)40(25-37-23-38(46)26-39(47)24-37)49(27-34-17-11-8-12-18-34)28-35-19-13-9-14-20-35/h8-24,26,40-43,50H,25,27-33H2,1-7H3/t40-,41+,43+/m0/s1. The van der Waals surface area contributed by atoms with Crippen LogP contribution in [0.3, 0.4) is 0 Å². The Morgan fingerprint density at radius 1 is 0.604 bits per heavy atom. The fourth-order valence-electron chi connectivity index (χ4n) is 6.30. The molecular weight excluding hydrogens is 671 g/mol. The van der Waals surface area contributed by atoms with Gasteiger partial charge in [-0.15, -0.1) is 0 Å². The maximum Gasteiger partial charge on any atom is 0.170 e. The molecule has 3 atom stereocenters. The molecule has 0 unspecified atom stereocenters. The van der Waals surface area contributed by atoms with Gasteiger partial charge in [0.1, 0.15) is 11.6 Å². The minimum absolute atomic E-state index is 0.0830. The van der Waals surface area contributed by atoms with Crippen molar-refractivity contribution in [2.75, 3.05) is 33.4 Å². The lowest BCUT2D eigenvalue weighted by atomic mass is 9.92. The number of nitrogens with zero attached hydrogens (tertiary/aromatic N) is 2. The minimum atomic E-state index is -0.635. The summed E-state index contributed by atoms with van der Waals surface area (Å²) in [6, 6.07) is 32.9. The Kier molecular flexibility index (Phi) is 16.1. The monoisotopic (exact) mass is 730 g/mol. The van der Waals surface area contributed by atoms with Crippen molar-refractivity contribution >= 4 is 0 Å². The van der Waals surface area contributed by atoms with E-state index >= 15 is 0 Å². The van der Waals surface area contributed by atoms with Crippen molar-refractivity contribution in [2.45, 2.75) is 92.1 Å². The van der Waals surface area contributed by atoms with Crippen LogP contribution in [0, 0.1) is 22.5 Å². The lowest BCUT2D eigenvalue weighted by molar-refractivity contribution is -0.185. The van der Waals surface area contributed by atoms with E-state index in [4.69, 9.17) is 14.2 Å². The van der Waals surface area contributed by atoms with Crippen LogP contribution in [0.4, 0.5) is 8.78 Å². The van der Waals surface area contributed by atoms with E-state index in [9.17, 15) is 13.9 Å². The molecule has 0 bridgehead atoms. The Balaban J connectivity index is 1.80. The van der Waals surface area contributed by atoms with Gasteiger partial charge in [-0.25, -0.2) is 8.78 Å². The number of aliphatic hydroxyl groups is 1. The normalized spacial score (nSPS) is 14.2. The summed E-state index contributed by atoms with van der Waals surface area (Å²) in [4.78, 5) is 4.36. The second-order valence-corrected chi connectivity index (χ2v) is 16.5. The van der Waals surface area contributed by atoms with E-state index in [1.54, 1.807) is 0 Å². The quantitative estimate of drug-likeness (QED) is 0.0918. The molecular formula is C45H60F2N2O4. The average molecular weight is 731 g/mol. The largest absolute Gasteiger partial charge is 0.395 e. The fourth-order valence-corrected chi connectivity index (χ4v) is 6.30. The summed E-state index contributed by atoms with van der Waals surface area (Å²) in [6.45, 7) is 15.2. The zero-order valence-electron chi connectivity index (χ0n) is 32.7. The van der Waals surface area contributed by atoms with Gasteiger partial charge in [-0.1, -0.05) is 133 Å². The molecule has 4 aromatic carbocycles. The number of hydrogen-bond donors (Lipinski definition) is 1. The van der Waals surface area contributed by atoms with Crippen LogP contribution in [0.25, 0.3) is 0 Å². The van der Waals surface area contributed by atoms with Crippen molar-refractivity contribution in [1.82, 2.24) is 9.80 Å². The molecule has 0 saturated carbocycles. The third-order valence-corrected chi connectivity index (χ3v) is 8.93. The highest BCUT2D eigenvalue weighted by Crippen LogP contribution is 2.27.